The van der Waals surface area contributed by atoms with Crippen molar-refractivity contribution in [3.63, 3.8) is 0 Å². The van der Waals surface area contributed by atoms with Crippen LogP contribution in [0.25, 0.3) is 0 Å². The first-order valence-corrected chi connectivity index (χ1v) is 13.3. The lowest BCUT2D eigenvalue weighted by atomic mass is 9.90. The van der Waals surface area contributed by atoms with Crippen LogP contribution >= 0.6 is 0 Å². The molecule has 4 rings (SSSR count). The van der Waals surface area contributed by atoms with E-state index in [0.717, 1.165) is 44.1 Å². The molecule has 0 unspecified atom stereocenters. The molecule has 9 nitrogen and oxygen atoms in total. The highest BCUT2D eigenvalue weighted by molar-refractivity contribution is 7.89. The number of amides is 4. The van der Waals surface area contributed by atoms with Crippen LogP contribution in [-0.4, -0.2) is 67.7 Å². The van der Waals surface area contributed by atoms with Gasteiger partial charge in [0.2, 0.25) is 15.9 Å². The standard InChI is InChI=1S/C23H32N4O5S/c28-20(26-13-5-6-18(16-26)21-22(29)25-23(30)24-21)12-9-17-7-10-19(11-8-17)33(31,32)27-14-3-1-2-4-15-27/h7-8,10-11,18,21H,1-6,9,12-16H2,(H2,24,25,29,30)/t18-,21-/m1/s1. The molecule has 1 aromatic carbocycles. The summed E-state index contributed by atoms with van der Waals surface area (Å²) >= 11 is 0. The summed E-state index contributed by atoms with van der Waals surface area (Å²) in [7, 11) is -3.48. The van der Waals surface area contributed by atoms with E-state index in [1.54, 1.807) is 33.5 Å². The van der Waals surface area contributed by atoms with Crippen LogP contribution in [0.2, 0.25) is 0 Å². The molecule has 33 heavy (non-hydrogen) atoms. The Balaban J connectivity index is 1.31. The number of nitrogens with zero attached hydrogens (tertiary/aromatic N) is 2. The van der Waals surface area contributed by atoms with E-state index in [1.807, 2.05) is 0 Å². The van der Waals surface area contributed by atoms with Crippen molar-refractivity contribution >= 4 is 27.9 Å². The topological polar surface area (TPSA) is 116 Å². The van der Waals surface area contributed by atoms with Crippen molar-refractivity contribution in [2.45, 2.75) is 62.3 Å². The molecule has 0 spiro atoms. The van der Waals surface area contributed by atoms with Crippen LogP contribution in [0, 0.1) is 5.92 Å². The van der Waals surface area contributed by atoms with E-state index in [9.17, 15) is 22.8 Å². The molecule has 0 aromatic heterocycles. The third-order valence-electron chi connectivity index (χ3n) is 6.84. The first-order valence-electron chi connectivity index (χ1n) is 11.8. The maximum atomic E-state index is 12.9. The van der Waals surface area contributed by atoms with Crippen molar-refractivity contribution in [2.24, 2.45) is 5.92 Å². The minimum absolute atomic E-state index is 0.00527. The molecule has 2 atom stereocenters. The van der Waals surface area contributed by atoms with Gasteiger partial charge in [-0.2, -0.15) is 4.31 Å². The summed E-state index contributed by atoms with van der Waals surface area (Å²) < 4.78 is 27.4. The fourth-order valence-corrected chi connectivity index (χ4v) is 6.46. The molecule has 1 aromatic rings. The van der Waals surface area contributed by atoms with Crippen LogP contribution in [0.4, 0.5) is 4.79 Å². The number of carbonyl (C=O) groups excluding carboxylic acids is 3. The van der Waals surface area contributed by atoms with E-state index in [-0.39, 0.29) is 17.7 Å². The Morgan fingerprint density at radius 1 is 0.970 bits per heavy atom. The number of carbonyl (C=O) groups is 3. The highest BCUT2D eigenvalue weighted by Gasteiger charge is 2.38. The molecule has 3 aliphatic rings. The maximum Gasteiger partial charge on any atom is 0.322 e. The molecule has 4 amide bonds. The summed E-state index contributed by atoms with van der Waals surface area (Å²) in [4.78, 5) is 38.2. The predicted molar refractivity (Wildman–Crippen MR) is 122 cm³/mol. The van der Waals surface area contributed by atoms with Gasteiger partial charge in [0.15, 0.2) is 0 Å². The number of likely N-dealkylation sites (tertiary alicyclic amines) is 1. The Kier molecular flexibility index (Phi) is 7.33. The summed E-state index contributed by atoms with van der Waals surface area (Å²) in [6.07, 6.45) is 6.34. The fraction of sp³-hybridized carbons (Fsp3) is 0.609. The van der Waals surface area contributed by atoms with E-state index in [0.29, 0.717) is 43.9 Å². The normalized spacial score (nSPS) is 24.8. The van der Waals surface area contributed by atoms with E-state index >= 15 is 0 Å². The second-order valence-corrected chi connectivity index (χ2v) is 11.1. The molecule has 10 heteroatoms. The summed E-state index contributed by atoms with van der Waals surface area (Å²) in [5.41, 5.74) is 0.911. The van der Waals surface area contributed by atoms with Crippen molar-refractivity contribution in [1.82, 2.24) is 19.8 Å². The molecule has 3 heterocycles. The SMILES string of the molecule is O=C1NC(=O)[C@@H]([C@@H]2CCCN(C(=O)CCc3ccc(S(=O)(=O)N4CCCCCC4)cc3)C2)N1. The molecule has 2 N–H and O–H groups in total. The Morgan fingerprint density at radius 2 is 1.67 bits per heavy atom. The van der Waals surface area contributed by atoms with E-state index < -0.39 is 22.1 Å². The molecular formula is C23H32N4O5S. The lowest BCUT2D eigenvalue weighted by molar-refractivity contribution is -0.134. The van der Waals surface area contributed by atoms with E-state index in [2.05, 4.69) is 10.6 Å². The highest BCUT2D eigenvalue weighted by Crippen LogP contribution is 2.24. The summed E-state index contributed by atoms with van der Waals surface area (Å²) in [6, 6.07) is 5.79. The highest BCUT2D eigenvalue weighted by atomic mass is 32.2. The summed E-state index contributed by atoms with van der Waals surface area (Å²) in [5, 5.41) is 4.90. The number of hydrogen-bond acceptors (Lipinski definition) is 5. The zero-order valence-electron chi connectivity index (χ0n) is 18.8. The van der Waals surface area contributed by atoms with Crippen molar-refractivity contribution in [3.05, 3.63) is 29.8 Å². The van der Waals surface area contributed by atoms with Crippen LogP contribution in [0.5, 0.6) is 0 Å². The van der Waals surface area contributed by atoms with Crippen LogP contribution < -0.4 is 10.6 Å². The van der Waals surface area contributed by atoms with Gasteiger partial charge >= 0.3 is 6.03 Å². The van der Waals surface area contributed by atoms with E-state index in [1.165, 1.54) is 0 Å². The number of aryl methyl sites for hydroxylation is 1. The largest absolute Gasteiger partial charge is 0.342 e. The van der Waals surface area contributed by atoms with Gasteiger partial charge in [-0.05, 0) is 49.8 Å². The first-order chi connectivity index (χ1) is 15.8. The minimum Gasteiger partial charge on any atom is -0.342 e. The quantitative estimate of drug-likeness (QED) is 0.606. The zero-order chi connectivity index (χ0) is 23.4. The van der Waals surface area contributed by atoms with Gasteiger partial charge in [-0.15, -0.1) is 0 Å². The van der Waals surface area contributed by atoms with Gasteiger partial charge in [-0.1, -0.05) is 25.0 Å². The van der Waals surface area contributed by atoms with Crippen molar-refractivity contribution in [1.29, 1.82) is 0 Å². The molecule has 180 valence electrons. The van der Waals surface area contributed by atoms with Gasteiger partial charge in [0.05, 0.1) is 4.90 Å². The Bertz CT molecular complexity index is 987. The average Bonchev–Trinajstić information content (AvgIpc) is 3.00. The summed E-state index contributed by atoms with van der Waals surface area (Å²) in [5.74, 6) is -0.405. The lowest BCUT2D eigenvalue weighted by Crippen LogP contribution is -2.48. The van der Waals surface area contributed by atoms with Crippen LogP contribution in [0.3, 0.4) is 0 Å². The van der Waals surface area contributed by atoms with Gasteiger partial charge in [0.1, 0.15) is 6.04 Å². The fourth-order valence-electron chi connectivity index (χ4n) is 4.94. The maximum absolute atomic E-state index is 12.9. The number of piperidine rings is 1. The van der Waals surface area contributed by atoms with Crippen LogP contribution in [0.15, 0.2) is 29.2 Å². The third kappa shape index (κ3) is 5.55. The van der Waals surface area contributed by atoms with Crippen molar-refractivity contribution in [3.8, 4) is 0 Å². The molecule has 3 saturated heterocycles. The number of nitrogens with one attached hydrogen (secondary N) is 2. The second-order valence-electron chi connectivity index (χ2n) is 9.14. The van der Waals surface area contributed by atoms with Gasteiger partial charge in [-0.25, -0.2) is 13.2 Å². The minimum atomic E-state index is -3.48. The Hall–Kier alpha value is -2.46. The molecule has 0 radical (unpaired) electrons. The van der Waals surface area contributed by atoms with Crippen molar-refractivity contribution in [2.75, 3.05) is 26.2 Å². The van der Waals surface area contributed by atoms with E-state index in [4.69, 9.17) is 0 Å². The number of benzene rings is 1. The molecule has 0 bridgehead atoms. The van der Waals surface area contributed by atoms with Crippen LogP contribution in [-0.2, 0) is 26.0 Å². The number of imide groups is 1. The smallest absolute Gasteiger partial charge is 0.322 e. The van der Waals surface area contributed by atoms with Gasteiger partial charge < -0.3 is 10.2 Å². The molecule has 0 saturated carbocycles. The Labute approximate surface area is 194 Å². The molecule has 3 fully saturated rings. The molecule has 3 aliphatic heterocycles. The second kappa shape index (κ2) is 10.2. The summed E-state index contributed by atoms with van der Waals surface area (Å²) in [6.45, 7) is 2.23. The molecule has 0 aliphatic carbocycles. The number of hydrogen-bond donors (Lipinski definition) is 2. The number of urea groups is 1. The predicted octanol–water partition coefficient (Wildman–Crippen LogP) is 1.63. The van der Waals surface area contributed by atoms with Gasteiger partial charge in [-0.3, -0.25) is 14.9 Å². The zero-order valence-corrected chi connectivity index (χ0v) is 19.6. The average molecular weight is 477 g/mol. The van der Waals surface area contributed by atoms with Crippen LogP contribution in [0.1, 0.15) is 50.5 Å². The first kappa shape index (κ1) is 23.7. The number of sulfonamides is 1. The van der Waals surface area contributed by atoms with Gasteiger partial charge in [0, 0.05) is 38.5 Å². The lowest BCUT2D eigenvalue weighted by Gasteiger charge is -2.34. The monoisotopic (exact) mass is 476 g/mol. The number of rotatable bonds is 6. The molecular weight excluding hydrogens is 444 g/mol. The van der Waals surface area contributed by atoms with Crippen molar-refractivity contribution < 1.29 is 22.8 Å². The Morgan fingerprint density at radius 3 is 2.30 bits per heavy atom. The third-order valence-corrected chi connectivity index (χ3v) is 8.75. The van der Waals surface area contributed by atoms with Gasteiger partial charge in [0.25, 0.3) is 5.91 Å².